The molecule has 0 saturated heterocycles. The molecule has 0 saturated carbocycles. The highest BCUT2D eigenvalue weighted by atomic mass is 15.1. The average Bonchev–Trinajstić information content (AvgIpc) is 2.67. The SMILES string of the molecule is CN(C)c1ccn2c(CCN)nc(C#N)c2c1. The van der Waals surface area contributed by atoms with Crippen LogP contribution >= 0.6 is 0 Å². The summed E-state index contributed by atoms with van der Waals surface area (Å²) in [4.78, 5) is 6.30. The van der Waals surface area contributed by atoms with Gasteiger partial charge in [0, 0.05) is 32.4 Å². The standard InChI is InChI=1S/C12H15N5/c1-16(2)9-4-6-17-11(7-9)10(8-14)15-12(17)3-5-13/h4,6-7H,3,5,13H2,1-2H3. The monoisotopic (exact) mass is 229 g/mol. The van der Waals surface area contributed by atoms with Crippen LogP contribution in [0.1, 0.15) is 11.5 Å². The van der Waals surface area contributed by atoms with Gasteiger partial charge < -0.3 is 15.0 Å². The molecular formula is C12H15N5. The molecule has 0 unspecified atom stereocenters. The van der Waals surface area contributed by atoms with Crippen LogP contribution in [0.3, 0.4) is 0 Å². The van der Waals surface area contributed by atoms with Crippen molar-refractivity contribution in [2.45, 2.75) is 6.42 Å². The van der Waals surface area contributed by atoms with E-state index in [0.717, 1.165) is 17.0 Å². The predicted octanol–water partition coefficient (Wildman–Crippen LogP) is 0.773. The second-order valence-corrected chi connectivity index (χ2v) is 4.06. The van der Waals surface area contributed by atoms with Crippen LogP contribution in [-0.2, 0) is 6.42 Å². The van der Waals surface area contributed by atoms with Gasteiger partial charge in [0.15, 0.2) is 5.69 Å². The van der Waals surface area contributed by atoms with Gasteiger partial charge >= 0.3 is 0 Å². The van der Waals surface area contributed by atoms with Gasteiger partial charge in [-0.15, -0.1) is 0 Å². The fraction of sp³-hybridized carbons (Fsp3) is 0.333. The molecule has 0 spiro atoms. The third kappa shape index (κ3) is 1.95. The van der Waals surface area contributed by atoms with Crippen LogP contribution in [0.15, 0.2) is 18.3 Å². The van der Waals surface area contributed by atoms with E-state index in [1.807, 2.05) is 41.7 Å². The number of rotatable bonds is 3. The first-order valence-electron chi connectivity index (χ1n) is 5.46. The molecule has 5 nitrogen and oxygen atoms in total. The molecule has 0 fully saturated rings. The molecule has 5 heteroatoms. The molecule has 0 aliphatic rings. The van der Waals surface area contributed by atoms with E-state index in [1.54, 1.807) is 0 Å². The van der Waals surface area contributed by atoms with Gasteiger partial charge in [-0.1, -0.05) is 0 Å². The highest BCUT2D eigenvalue weighted by Crippen LogP contribution is 2.19. The number of pyridine rings is 1. The lowest BCUT2D eigenvalue weighted by molar-refractivity contribution is 0.861. The van der Waals surface area contributed by atoms with Gasteiger partial charge in [0.05, 0.1) is 5.52 Å². The number of hydrogen-bond acceptors (Lipinski definition) is 4. The van der Waals surface area contributed by atoms with Crippen LogP contribution in [0.4, 0.5) is 5.69 Å². The summed E-state index contributed by atoms with van der Waals surface area (Å²) in [6.45, 7) is 0.527. The zero-order chi connectivity index (χ0) is 12.4. The molecule has 2 rings (SSSR count). The van der Waals surface area contributed by atoms with E-state index < -0.39 is 0 Å². The molecule has 2 heterocycles. The molecule has 0 radical (unpaired) electrons. The summed E-state index contributed by atoms with van der Waals surface area (Å²) in [5, 5.41) is 9.08. The van der Waals surface area contributed by atoms with Crippen molar-refractivity contribution in [2.24, 2.45) is 5.73 Å². The summed E-state index contributed by atoms with van der Waals surface area (Å²) in [7, 11) is 3.93. The molecule has 0 aliphatic heterocycles. The normalized spacial score (nSPS) is 10.5. The van der Waals surface area contributed by atoms with Crippen LogP contribution in [0, 0.1) is 11.3 Å². The maximum atomic E-state index is 9.08. The highest BCUT2D eigenvalue weighted by molar-refractivity contribution is 5.66. The van der Waals surface area contributed by atoms with Crippen LogP contribution in [0.5, 0.6) is 0 Å². The Morgan fingerprint density at radius 3 is 2.88 bits per heavy atom. The van der Waals surface area contributed by atoms with Crippen molar-refractivity contribution in [3.05, 3.63) is 29.8 Å². The molecule has 0 atom stereocenters. The minimum atomic E-state index is 0.456. The first-order chi connectivity index (χ1) is 8.17. The van der Waals surface area contributed by atoms with E-state index in [0.29, 0.717) is 18.7 Å². The fourth-order valence-corrected chi connectivity index (χ4v) is 1.80. The third-order valence-electron chi connectivity index (χ3n) is 2.69. The Balaban J connectivity index is 2.64. The van der Waals surface area contributed by atoms with Crippen LogP contribution in [-0.4, -0.2) is 30.0 Å². The molecule has 2 N–H and O–H groups in total. The Morgan fingerprint density at radius 2 is 2.29 bits per heavy atom. The zero-order valence-corrected chi connectivity index (χ0v) is 10.0. The lowest BCUT2D eigenvalue weighted by atomic mass is 10.3. The summed E-state index contributed by atoms with van der Waals surface area (Å²) >= 11 is 0. The number of anilines is 1. The fourth-order valence-electron chi connectivity index (χ4n) is 1.80. The highest BCUT2D eigenvalue weighted by Gasteiger charge is 2.10. The number of nitrogens with zero attached hydrogens (tertiary/aromatic N) is 4. The van der Waals surface area contributed by atoms with Crippen molar-refractivity contribution < 1.29 is 0 Å². The molecule has 17 heavy (non-hydrogen) atoms. The Bertz CT molecular complexity index is 576. The maximum Gasteiger partial charge on any atom is 0.166 e. The largest absolute Gasteiger partial charge is 0.378 e. The minimum absolute atomic E-state index is 0.456. The van der Waals surface area contributed by atoms with Gasteiger partial charge in [0.25, 0.3) is 0 Å². The van der Waals surface area contributed by atoms with E-state index in [-0.39, 0.29) is 0 Å². The lowest BCUT2D eigenvalue weighted by Crippen LogP contribution is -2.09. The van der Waals surface area contributed by atoms with Crippen LogP contribution in [0.25, 0.3) is 5.52 Å². The van der Waals surface area contributed by atoms with Crippen molar-refractivity contribution in [2.75, 3.05) is 25.5 Å². The quantitative estimate of drug-likeness (QED) is 0.844. The molecule has 0 bridgehead atoms. The number of nitriles is 1. The molecular weight excluding hydrogens is 214 g/mol. The van der Waals surface area contributed by atoms with Crippen LogP contribution < -0.4 is 10.6 Å². The molecule has 2 aromatic rings. The predicted molar refractivity (Wildman–Crippen MR) is 67.0 cm³/mol. The first-order valence-corrected chi connectivity index (χ1v) is 5.46. The molecule has 0 aromatic carbocycles. The summed E-state index contributed by atoms with van der Waals surface area (Å²) < 4.78 is 1.93. The molecule has 2 aromatic heterocycles. The molecule has 88 valence electrons. The summed E-state index contributed by atoms with van der Waals surface area (Å²) in [5.74, 6) is 0.837. The van der Waals surface area contributed by atoms with Crippen molar-refractivity contribution >= 4 is 11.2 Å². The van der Waals surface area contributed by atoms with Crippen molar-refractivity contribution in [3.8, 4) is 6.07 Å². The number of imidazole rings is 1. The van der Waals surface area contributed by atoms with Gasteiger partial charge in [0.2, 0.25) is 0 Å². The smallest absolute Gasteiger partial charge is 0.166 e. The maximum absolute atomic E-state index is 9.08. The number of nitrogens with two attached hydrogens (primary N) is 1. The van der Waals surface area contributed by atoms with Crippen molar-refractivity contribution in [1.29, 1.82) is 5.26 Å². The zero-order valence-electron chi connectivity index (χ0n) is 10.0. The van der Waals surface area contributed by atoms with Gasteiger partial charge in [-0.25, -0.2) is 4.98 Å². The number of aromatic nitrogens is 2. The number of hydrogen-bond donors (Lipinski definition) is 1. The van der Waals surface area contributed by atoms with E-state index in [9.17, 15) is 0 Å². The van der Waals surface area contributed by atoms with E-state index >= 15 is 0 Å². The summed E-state index contributed by atoms with van der Waals surface area (Å²) in [5.41, 5.74) is 7.88. The first kappa shape index (κ1) is 11.4. The van der Waals surface area contributed by atoms with Gasteiger partial charge in [0.1, 0.15) is 11.9 Å². The lowest BCUT2D eigenvalue weighted by Gasteiger charge is -2.12. The van der Waals surface area contributed by atoms with Gasteiger partial charge in [-0.05, 0) is 18.7 Å². The second-order valence-electron chi connectivity index (χ2n) is 4.06. The average molecular weight is 229 g/mol. The summed E-state index contributed by atoms with van der Waals surface area (Å²) in [6, 6.07) is 6.08. The minimum Gasteiger partial charge on any atom is -0.378 e. The molecule has 0 amide bonds. The van der Waals surface area contributed by atoms with E-state index in [1.165, 1.54) is 0 Å². The Kier molecular flexibility index (Phi) is 2.98. The third-order valence-corrected chi connectivity index (χ3v) is 2.69. The Hall–Kier alpha value is -2.06. The van der Waals surface area contributed by atoms with Crippen molar-refractivity contribution in [3.63, 3.8) is 0 Å². The van der Waals surface area contributed by atoms with E-state index in [4.69, 9.17) is 11.0 Å². The van der Waals surface area contributed by atoms with Crippen LogP contribution in [0.2, 0.25) is 0 Å². The second kappa shape index (κ2) is 4.44. The topological polar surface area (TPSA) is 70.3 Å². The summed E-state index contributed by atoms with van der Waals surface area (Å²) in [6.07, 6.45) is 2.60. The van der Waals surface area contributed by atoms with Gasteiger partial charge in [-0.2, -0.15) is 5.26 Å². The van der Waals surface area contributed by atoms with Gasteiger partial charge in [-0.3, -0.25) is 0 Å². The molecule has 0 aliphatic carbocycles. The van der Waals surface area contributed by atoms with Crippen molar-refractivity contribution in [1.82, 2.24) is 9.38 Å². The van der Waals surface area contributed by atoms with E-state index in [2.05, 4.69) is 11.1 Å². The Labute approximate surface area is 100 Å². The number of fused-ring (bicyclic) bond motifs is 1. The Morgan fingerprint density at radius 1 is 1.53 bits per heavy atom.